The smallest absolute Gasteiger partial charge is 0.236 e. The summed E-state index contributed by atoms with van der Waals surface area (Å²) in [6.07, 6.45) is 5.06. The number of nitrogens with one attached hydrogen (secondary N) is 1. The van der Waals surface area contributed by atoms with E-state index in [0.717, 1.165) is 24.9 Å². The van der Waals surface area contributed by atoms with Crippen LogP contribution in [0, 0.1) is 11.8 Å². The van der Waals surface area contributed by atoms with Gasteiger partial charge in [-0.1, -0.05) is 26.7 Å². The molecule has 1 heterocycles. The lowest BCUT2D eigenvalue weighted by Crippen LogP contribution is -2.42. The largest absolute Gasteiger partial charge is 0.342 e. The Morgan fingerprint density at radius 2 is 1.94 bits per heavy atom. The second-order valence-corrected chi connectivity index (χ2v) is 5.33. The van der Waals surface area contributed by atoms with Gasteiger partial charge in [-0.15, -0.1) is 12.4 Å². The zero-order valence-corrected chi connectivity index (χ0v) is 12.2. The van der Waals surface area contributed by atoms with Gasteiger partial charge in [-0.05, 0) is 31.7 Å². The molecule has 4 heteroatoms. The van der Waals surface area contributed by atoms with Gasteiger partial charge in [0.2, 0.25) is 5.91 Å². The number of rotatable bonds is 5. The molecule has 0 aliphatic carbocycles. The van der Waals surface area contributed by atoms with Crippen LogP contribution in [0.25, 0.3) is 0 Å². The fourth-order valence-corrected chi connectivity index (χ4v) is 2.30. The molecule has 0 aromatic heterocycles. The Bertz CT molecular complexity index is 213. The first-order valence-electron chi connectivity index (χ1n) is 6.55. The van der Waals surface area contributed by atoms with E-state index in [0.29, 0.717) is 6.54 Å². The average Bonchev–Trinajstić information content (AvgIpc) is 2.27. The summed E-state index contributed by atoms with van der Waals surface area (Å²) in [5.74, 6) is 1.91. The number of amides is 1. The topological polar surface area (TPSA) is 32.3 Å². The number of piperidine rings is 1. The molecule has 1 aliphatic rings. The third kappa shape index (κ3) is 6.27. The first kappa shape index (κ1) is 16.7. The predicted molar refractivity (Wildman–Crippen MR) is 74.6 cm³/mol. The summed E-state index contributed by atoms with van der Waals surface area (Å²) in [6.45, 7) is 6.97. The highest BCUT2D eigenvalue weighted by Crippen LogP contribution is 2.23. The SMILES string of the molecule is CNCC(=O)N1CCC(CCC(C)C)CC1.Cl. The van der Waals surface area contributed by atoms with Crippen molar-refractivity contribution in [1.82, 2.24) is 10.2 Å². The van der Waals surface area contributed by atoms with Crippen molar-refractivity contribution < 1.29 is 4.79 Å². The maximum absolute atomic E-state index is 11.6. The van der Waals surface area contributed by atoms with E-state index in [2.05, 4.69) is 19.2 Å². The van der Waals surface area contributed by atoms with Crippen LogP contribution in [0.5, 0.6) is 0 Å². The molecule has 0 atom stereocenters. The van der Waals surface area contributed by atoms with Crippen LogP contribution in [0.4, 0.5) is 0 Å². The number of nitrogens with zero attached hydrogens (tertiary/aromatic N) is 1. The van der Waals surface area contributed by atoms with Crippen molar-refractivity contribution in [2.75, 3.05) is 26.7 Å². The normalized spacial score (nSPS) is 17.1. The lowest BCUT2D eigenvalue weighted by atomic mass is 9.89. The number of likely N-dealkylation sites (N-methyl/N-ethyl adjacent to an activating group) is 1. The first-order valence-corrected chi connectivity index (χ1v) is 6.55. The molecule has 1 rings (SSSR count). The van der Waals surface area contributed by atoms with Crippen molar-refractivity contribution in [2.24, 2.45) is 11.8 Å². The molecule has 0 bridgehead atoms. The van der Waals surface area contributed by atoms with Crippen LogP contribution in [-0.4, -0.2) is 37.5 Å². The number of carbonyl (C=O) groups excluding carboxylic acids is 1. The van der Waals surface area contributed by atoms with Gasteiger partial charge in [-0.3, -0.25) is 4.79 Å². The molecule has 17 heavy (non-hydrogen) atoms. The van der Waals surface area contributed by atoms with E-state index < -0.39 is 0 Å². The van der Waals surface area contributed by atoms with E-state index in [1.54, 1.807) is 0 Å². The molecule has 0 saturated carbocycles. The van der Waals surface area contributed by atoms with Crippen molar-refractivity contribution >= 4 is 18.3 Å². The number of carbonyl (C=O) groups is 1. The van der Waals surface area contributed by atoms with E-state index in [4.69, 9.17) is 0 Å². The Balaban J connectivity index is 0.00000256. The number of halogens is 1. The number of likely N-dealkylation sites (tertiary alicyclic amines) is 1. The Hall–Kier alpha value is -0.280. The van der Waals surface area contributed by atoms with Crippen LogP contribution in [0.15, 0.2) is 0 Å². The Morgan fingerprint density at radius 1 is 1.35 bits per heavy atom. The maximum atomic E-state index is 11.6. The monoisotopic (exact) mass is 262 g/mol. The molecular weight excluding hydrogens is 236 g/mol. The highest BCUT2D eigenvalue weighted by molar-refractivity contribution is 5.85. The van der Waals surface area contributed by atoms with E-state index in [1.165, 1.54) is 25.7 Å². The third-order valence-electron chi connectivity index (χ3n) is 3.45. The van der Waals surface area contributed by atoms with Crippen molar-refractivity contribution in [2.45, 2.75) is 39.5 Å². The number of hydrogen-bond acceptors (Lipinski definition) is 2. The summed E-state index contributed by atoms with van der Waals surface area (Å²) in [5, 5.41) is 2.92. The molecule has 1 saturated heterocycles. The summed E-state index contributed by atoms with van der Waals surface area (Å²) >= 11 is 0. The lowest BCUT2D eigenvalue weighted by molar-refractivity contribution is -0.131. The summed E-state index contributed by atoms with van der Waals surface area (Å²) in [6, 6.07) is 0. The van der Waals surface area contributed by atoms with Gasteiger partial charge in [-0.25, -0.2) is 0 Å². The molecule has 1 amide bonds. The maximum Gasteiger partial charge on any atom is 0.236 e. The van der Waals surface area contributed by atoms with Gasteiger partial charge in [-0.2, -0.15) is 0 Å². The lowest BCUT2D eigenvalue weighted by Gasteiger charge is -2.32. The second-order valence-electron chi connectivity index (χ2n) is 5.33. The van der Waals surface area contributed by atoms with Crippen LogP contribution in [0.1, 0.15) is 39.5 Å². The summed E-state index contributed by atoms with van der Waals surface area (Å²) in [5.41, 5.74) is 0. The predicted octanol–water partition coefficient (Wildman–Crippen LogP) is 2.30. The first-order chi connectivity index (χ1) is 7.63. The standard InChI is InChI=1S/C13H26N2O.ClH/c1-11(2)4-5-12-6-8-15(9-7-12)13(16)10-14-3;/h11-12,14H,4-10H2,1-3H3;1H. The van der Waals surface area contributed by atoms with Crippen LogP contribution in [0.3, 0.4) is 0 Å². The minimum absolute atomic E-state index is 0. The molecule has 1 N–H and O–H groups in total. The molecule has 0 radical (unpaired) electrons. The van der Waals surface area contributed by atoms with Crippen molar-refractivity contribution in [3.63, 3.8) is 0 Å². The highest BCUT2D eigenvalue weighted by Gasteiger charge is 2.21. The van der Waals surface area contributed by atoms with Crippen molar-refractivity contribution in [3.8, 4) is 0 Å². The van der Waals surface area contributed by atoms with Gasteiger partial charge < -0.3 is 10.2 Å². The zero-order chi connectivity index (χ0) is 12.0. The van der Waals surface area contributed by atoms with Crippen LogP contribution in [0.2, 0.25) is 0 Å². The quantitative estimate of drug-likeness (QED) is 0.825. The van der Waals surface area contributed by atoms with Crippen molar-refractivity contribution in [3.05, 3.63) is 0 Å². The summed E-state index contributed by atoms with van der Waals surface area (Å²) in [4.78, 5) is 13.6. The molecule has 1 aliphatic heterocycles. The molecule has 0 aromatic carbocycles. The zero-order valence-electron chi connectivity index (χ0n) is 11.4. The Morgan fingerprint density at radius 3 is 2.41 bits per heavy atom. The molecule has 102 valence electrons. The van der Waals surface area contributed by atoms with Crippen LogP contribution < -0.4 is 5.32 Å². The Kier molecular flexibility index (Phi) is 8.61. The van der Waals surface area contributed by atoms with E-state index in [-0.39, 0.29) is 18.3 Å². The molecule has 1 fully saturated rings. The molecular formula is C13H27ClN2O. The summed E-state index contributed by atoms with van der Waals surface area (Å²) < 4.78 is 0. The van der Waals surface area contributed by atoms with Gasteiger partial charge in [0.25, 0.3) is 0 Å². The van der Waals surface area contributed by atoms with Gasteiger partial charge >= 0.3 is 0 Å². The number of hydrogen-bond donors (Lipinski definition) is 1. The molecule has 3 nitrogen and oxygen atoms in total. The fraction of sp³-hybridized carbons (Fsp3) is 0.923. The fourth-order valence-electron chi connectivity index (χ4n) is 2.30. The average molecular weight is 263 g/mol. The van der Waals surface area contributed by atoms with E-state index in [9.17, 15) is 4.79 Å². The van der Waals surface area contributed by atoms with Gasteiger partial charge in [0.05, 0.1) is 6.54 Å². The van der Waals surface area contributed by atoms with Gasteiger partial charge in [0, 0.05) is 13.1 Å². The van der Waals surface area contributed by atoms with E-state index in [1.807, 2.05) is 11.9 Å². The van der Waals surface area contributed by atoms with Crippen LogP contribution >= 0.6 is 12.4 Å². The minimum Gasteiger partial charge on any atom is -0.342 e. The van der Waals surface area contributed by atoms with Crippen molar-refractivity contribution in [1.29, 1.82) is 0 Å². The van der Waals surface area contributed by atoms with E-state index >= 15 is 0 Å². The molecule has 0 unspecified atom stereocenters. The van der Waals surface area contributed by atoms with Gasteiger partial charge in [0.1, 0.15) is 0 Å². The Labute approximate surface area is 112 Å². The highest BCUT2D eigenvalue weighted by atomic mass is 35.5. The second kappa shape index (κ2) is 8.76. The van der Waals surface area contributed by atoms with Gasteiger partial charge in [0.15, 0.2) is 0 Å². The minimum atomic E-state index is 0. The third-order valence-corrected chi connectivity index (χ3v) is 3.45. The molecule has 0 aromatic rings. The molecule has 0 spiro atoms. The van der Waals surface area contributed by atoms with Crippen LogP contribution in [-0.2, 0) is 4.79 Å². The summed E-state index contributed by atoms with van der Waals surface area (Å²) in [7, 11) is 1.83.